The molecule has 1 amide bonds. The minimum absolute atomic E-state index is 0.0834. The van der Waals surface area contributed by atoms with Gasteiger partial charge in [0.2, 0.25) is 15.9 Å². The molecular formula is C22H28N2O3S. The largest absolute Gasteiger partial charge is 0.347 e. The molecule has 150 valence electrons. The molecule has 0 aromatic heterocycles. The van der Waals surface area contributed by atoms with Crippen molar-refractivity contribution in [1.82, 2.24) is 5.32 Å². The number of fused-ring (bicyclic) bond motifs is 1. The Labute approximate surface area is 167 Å². The average molecular weight is 401 g/mol. The van der Waals surface area contributed by atoms with Crippen molar-refractivity contribution in [3.8, 4) is 0 Å². The zero-order valence-corrected chi connectivity index (χ0v) is 17.7. The normalized spacial score (nSPS) is 17.5. The molecule has 1 aliphatic rings. The lowest BCUT2D eigenvalue weighted by Crippen LogP contribution is -2.49. The van der Waals surface area contributed by atoms with E-state index in [1.165, 1.54) is 9.87 Å². The topological polar surface area (TPSA) is 66.5 Å². The molecule has 0 saturated carbocycles. The maximum atomic E-state index is 13.1. The lowest BCUT2D eigenvalue weighted by atomic mass is 9.87. The Morgan fingerprint density at radius 3 is 2.61 bits per heavy atom. The monoisotopic (exact) mass is 400 g/mol. The number of benzene rings is 2. The quantitative estimate of drug-likeness (QED) is 0.833. The van der Waals surface area contributed by atoms with Gasteiger partial charge in [-0.25, -0.2) is 8.42 Å². The molecule has 0 heterocycles. The summed E-state index contributed by atoms with van der Waals surface area (Å²) in [7, 11) is -3.63. The van der Waals surface area contributed by atoms with E-state index < -0.39 is 16.1 Å². The first-order valence-electron chi connectivity index (χ1n) is 9.63. The van der Waals surface area contributed by atoms with Gasteiger partial charge in [-0.3, -0.25) is 9.10 Å². The summed E-state index contributed by atoms with van der Waals surface area (Å²) in [6.07, 6.45) is 4.02. The Kier molecular flexibility index (Phi) is 5.79. The molecular weight excluding hydrogens is 372 g/mol. The van der Waals surface area contributed by atoms with E-state index in [0.717, 1.165) is 42.2 Å². The lowest BCUT2D eigenvalue weighted by Gasteiger charge is -2.32. The van der Waals surface area contributed by atoms with E-state index in [1.54, 1.807) is 6.92 Å². The molecule has 0 aliphatic heterocycles. The Bertz CT molecular complexity index is 985. The summed E-state index contributed by atoms with van der Waals surface area (Å²) in [5.41, 5.74) is 4.70. The summed E-state index contributed by atoms with van der Waals surface area (Å²) in [4.78, 5) is 13.1. The Balaban J connectivity index is 1.89. The van der Waals surface area contributed by atoms with Gasteiger partial charge in [0.05, 0.1) is 18.0 Å². The highest BCUT2D eigenvalue weighted by Gasteiger charge is 2.32. The molecule has 0 spiro atoms. The van der Waals surface area contributed by atoms with Crippen molar-refractivity contribution >= 4 is 21.6 Å². The van der Waals surface area contributed by atoms with Crippen molar-refractivity contribution in [1.29, 1.82) is 0 Å². The number of carbonyl (C=O) groups excluding carboxylic acids is 1. The van der Waals surface area contributed by atoms with Gasteiger partial charge in [0.25, 0.3) is 0 Å². The molecule has 0 bridgehead atoms. The van der Waals surface area contributed by atoms with E-state index in [1.807, 2.05) is 50.2 Å². The van der Waals surface area contributed by atoms with Gasteiger partial charge >= 0.3 is 0 Å². The summed E-state index contributed by atoms with van der Waals surface area (Å²) in [6, 6.07) is 12.8. The number of hydrogen-bond donors (Lipinski definition) is 1. The smallest absolute Gasteiger partial charge is 0.244 e. The van der Waals surface area contributed by atoms with Gasteiger partial charge in [0.15, 0.2) is 0 Å². The molecule has 6 heteroatoms. The fraction of sp³-hybridized carbons (Fsp3) is 0.409. The molecule has 0 radical (unpaired) electrons. The number of amides is 1. The van der Waals surface area contributed by atoms with Crippen molar-refractivity contribution in [2.75, 3.05) is 10.6 Å². The first-order chi connectivity index (χ1) is 13.2. The van der Waals surface area contributed by atoms with E-state index in [0.29, 0.717) is 5.69 Å². The highest BCUT2D eigenvalue weighted by molar-refractivity contribution is 7.92. The molecule has 0 fully saturated rings. The van der Waals surface area contributed by atoms with Crippen molar-refractivity contribution < 1.29 is 13.2 Å². The minimum Gasteiger partial charge on any atom is -0.347 e. The molecule has 2 aromatic carbocycles. The third-order valence-electron chi connectivity index (χ3n) is 5.38. The first-order valence-corrected chi connectivity index (χ1v) is 11.5. The summed E-state index contributed by atoms with van der Waals surface area (Å²) >= 11 is 0. The second-order valence-electron chi connectivity index (χ2n) is 7.68. The SMILES string of the molecule is Cc1ccc(C)c(N([C@@H](C)C(=O)N[C@@H]2CCCc3ccccc32)S(C)(=O)=O)c1. The Hall–Kier alpha value is -2.34. The molecule has 5 nitrogen and oxygen atoms in total. The Morgan fingerprint density at radius 1 is 1.18 bits per heavy atom. The summed E-state index contributed by atoms with van der Waals surface area (Å²) < 4.78 is 26.4. The number of nitrogens with zero attached hydrogens (tertiary/aromatic N) is 1. The van der Waals surface area contributed by atoms with E-state index in [9.17, 15) is 13.2 Å². The van der Waals surface area contributed by atoms with E-state index in [2.05, 4.69) is 11.4 Å². The maximum Gasteiger partial charge on any atom is 0.244 e. The number of sulfonamides is 1. The van der Waals surface area contributed by atoms with Gasteiger partial charge < -0.3 is 5.32 Å². The van der Waals surface area contributed by atoms with Gasteiger partial charge in [-0.05, 0) is 68.4 Å². The number of nitrogens with one attached hydrogen (secondary N) is 1. The van der Waals surface area contributed by atoms with Crippen LogP contribution in [0.1, 0.15) is 48.1 Å². The second-order valence-corrected chi connectivity index (χ2v) is 9.54. The molecule has 0 unspecified atom stereocenters. The first kappa shape index (κ1) is 20.4. The second kappa shape index (κ2) is 7.95. The number of anilines is 1. The fourth-order valence-electron chi connectivity index (χ4n) is 3.93. The van der Waals surface area contributed by atoms with Crippen LogP contribution < -0.4 is 9.62 Å². The van der Waals surface area contributed by atoms with Crippen LogP contribution in [0.5, 0.6) is 0 Å². The van der Waals surface area contributed by atoms with Crippen LogP contribution in [0.2, 0.25) is 0 Å². The van der Waals surface area contributed by atoms with Gasteiger partial charge in [-0.15, -0.1) is 0 Å². The lowest BCUT2D eigenvalue weighted by molar-refractivity contribution is -0.122. The number of aryl methyl sites for hydroxylation is 3. The number of carbonyl (C=O) groups is 1. The molecule has 28 heavy (non-hydrogen) atoms. The van der Waals surface area contributed by atoms with Gasteiger partial charge in [0.1, 0.15) is 6.04 Å². The highest BCUT2D eigenvalue weighted by Crippen LogP contribution is 2.30. The van der Waals surface area contributed by atoms with Crippen molar-refractivity contribution in [2.45, 2.75) is 52.1 Å². The number of rotatable bonds is 5. The van der Waals surface area contributed by atoms with Crippen LogP contribution in [-0.2, 0) is 21.2 Å². The molecule has 1 aliphatic carbocycles. The zero-order valence-electron chi connectivity index (χ0n) is 16.9. The highest BCUT2D eigenvalue weighted by atomic mass is 32.2. The van der Waals surface area contributed by atoms with Crippen LogP contribution in [0.4, 0.5) is 5.69 Å². The molecule has 1 N–H and O–H groups in total. The predicted molar refractivity (Wildman–Crippen MR) is 113 cm³/mol. The van der Waals surface area contributed by atoms with Crippen molar-refractivity contribution in [3.05, 3.63) is 64.7 Å². The Morgan fingerprint density at radius 2 is 1.89 bits per heavy atom. The number of hydrogen-bond acceptors (Lipinski definition) is 3. The van der Waals surface area contributed by atoms with Gasteiger partial charge in [-0.1, -0.05) is 36.4 Å². The van der Waals surface area contributed by atoms with E-state index in [4.69, 9.17) is 0 Å². The van der Waals surface area contributed by atoms with Gasteiger partial charge in [-0.2, -0.15) is 0 Å². The zero-order chi connectivity index (χ0) is 20.5. The molecule has 2 aromatic rings. The fourth-order valence-corrected chi connectivity index (χ4v) is 5.16. The van der Waals surface area contributed by atoms with Crippen molar-refractivity contribution in [2.24, 2.45) is 0 Å². The molecule has 2 atom stereocenters. The minimum atomic E-state index is -3.63. The molecule has 0 saturated heterocycles. The van der Waals surface area contributed by atoms with Crippen molar-refractivity contribution in [3.63, 3.8) is 0 Å². The van der Waals surface area contributed by atoms with Gasteiger partial charge in [0, 0.05) is 0 Å². The van der Waals surface area contributed by atoms with E-state index >= 15 is 0 Å². The van der Waals surface area contributed by atoms with Crippen LogP contribution in [0.3, 0.4) is 0 Å². The summed E-state index contributed by atoms with van der Waals surface area (Å²) in [5, 5.41) is 3.09. The van der Waals surface area contributed by atoms with Crippen LogP contribution in [0, 0.1) is 13.8 Å². The molecule has 3 rings (SSSR count). The predicted octanol–water partition coefficient (Wildman–Crippen LogP) is 3.65. The van der Waals surface area contributed by atoms with Crippen LogP contribution in [0.15, 0.2) is 42.5 Å². The van der Waals surface area contributed by atoms with Crippen LogP contribution in [0.25, 0.3) is 0 Å². The third kappa shape index (κ3) is 4.22. The average Bonchev–Trinajstić information content (AvgIpc) is 2.64. The van der Waals surface area contributed by atoms with Crippen LogP contribution in [-0.4, -0.2) is 26.6 Å². The van der Waals surface area contributed by atoms with E-state index in [-0.39, 0.29) is 11.9 Å². The van der Waals surface area contributed by atoms with Crippen LogP contribution >= 0.6 is 0 Å². The standard InChI is InChI=1S/C22H28N2O3S/c1-15-12-13-16(2)21(14-15)24(28(4,26)27)17(3)22(25)23-20-11-7-9-18-8-5-6-10-19(18)20/h5-6,8,10,12-14,17,20H,7,9,11H2,1-4H3,(H,23,25)/t17-,20+/m0/s1. The summed E-state index contributed by atoms with van der Waals surface area (Å²) in [5.74, 6) is -0.284. The maximum absolute atomic E-state index is 13.1. The summed E-state index contributed by atoms with van der Waals surface area (Å²) in [6.45, 7) is 5.41. The third-order valence-corrected chi connectivity index (χ3v) is 6.60.